The first-order valence-corrected chi connectivity index (χ1v) is 7.50. The minimum atomic E-state index is -0.318. The molecule has 2 N–H and O–H groups in total. The maximum Gasteiger partial charge on any atom is 0.293 e. The van der Waals surface area contributed by atoms with Gasteiger partial charge in [-0.15, -0.1) is 0 Å². The van der Waals surface area contributed by atoms with Crippen LogP contribution >= 0.6 is 0 Å². The van der Waals surface area contributed by atoms with Crippen molar-refractivity contribution in [3.63, 3.8) is 0 Å². The molecule has 6 heteroatoms. The van der Waals surface area contributed by atoms with Crippen LogP contribution in [0.5, 0.6) is 0 Å². The number of anilines is 1. The molecule has 0 saturated carbocycles. The van der Waals surface area contributed by atoms with Crippen LogP contribution in [-0.2, 0) is 9.53 Å². The van der Waals surface area contributed by atoms with E-state index in [9.17, 15) is 4.79 Å². The molecule has 0 bridgehead atoms. The molecule has 1 aliphatic rings. The number of rotatable bonds is 2. The van der Waals surface area contributed by atoms with Gasteiger partial charge in [-0.3, -0.25) is 9.89 Å². The molecule has 2 aromatic rings. The average Bonchev–Trinajstić information content (AvgIpc) is 2.95. The van der Waals surface area contributed by atoms with E-state index in [-0.39, 0.29) is 5.60 Å². The number of fused-ring (bicyclic) bond motifs is 1. The molecule has 3 rings (SSSR count). The first-order chi connectivity index (χ1) is 10.5. The van der Waals surface area contributed by atoms with Crippen molar-refractivity contribution in [1.29, 1.82) is 0 Å². The fraction of sp³-hybridized carbons (Fsp3) is 0.500. The highest BCUT2D eigenvalue weighted by Crippen LogP contribution is 2.20. The van der Waals surface area contributed by atoms with Crippen molar-refractivity contribution in [3.05, 3.63) is 24.4 Å². The molecule has 22 heavy (non-hydrogen) atoms. The lowest BCUT2D eigenvalue weighted by Crippen LogP contribution is -2.43. The number of aromatic amines is 1. The molecule has 1 aliphatic heterocycles. The van der Waals surface area contributed by atoms with Gasteiger partial charge in [0.1, 0.15) is 5.60 Å². The number of hydrogen-bond acceptors (Lipinski definition) is 5. The minimum absolute atomic E-state index is 0.318. The number of piperazine rings is 1. The molecule has 1 aromatic carbocycles. The van der Waals surface area contributed by atoms with E-state index in [2.05, 4.69) is 43.4 Å². The lowest BCUT2D eigenvalue weighted by Gasteiger charge is -2.29. The van der Waals surface area contributed by atoms with Crippen LogP contribution in [0, 0.1) is 0 Å². The highest BCUT2D eigenvalue weighted by Gasteiger charge is 2.10. The maximum atomic E-state index is 9.60. The standard InChI is InChI=1S/C11H14N4.C5H10O2/c1-2-10(15-5-3-12-4-6-15)7-11-9(1)8-13-14-11;1-5(2,3)7-4-6/h1-2,7-8,12H,3-6H2,(H,13,14);4H,1-3H3. The van der Waals surface area contributed by atoms with E-state index < -0.39 is 0 Å². The molecule has 1 saturated heterocycles. The predicted molar refractivity (Wildman–Crippen MR) is 88.1 cm³/mol. The Morgan fingerprint density at radius 2 is 2.00 bits per heavy atom. The molecule has 0 unspecified atom stereocenters. The number of carbonyl (C=O) groups is 1. The Labute approximate surface area is 130 Å². The summed E-state index contributed by atoms with van der Waals surface area (Å²) >= 11 is 0. The van der Waals surface area contributed by atoms with E-state index in [4.69, 9.17) is 0 Å². The van der Waals surface area contributed by atoms with Crippen molar-refractivity contribution in [2.75, 3.05) is 31.1 Å². The second kappa shape index (κ2) is 7.26. The van der Waals surface area contributed by atoms with Crippen LogP contribution in [-0.4, -0.2) is 48.4 Å². The highest BCUT2D eigenvalue weighted by molar-refractivity contribution is 5.81. The Morgan fingerprint density at radius 1 is 1.27 bits per heavy atom. The minimum Gasteiger partial charge on any atom is -0.462 e. The summed E-state index contributed by atoms with van der Waals surface area (Å²) in [5.74, 6) is 0. The Hall–Kier alpha value is -2.08. The maximum absolute atomic E-state index is 9.60. The molecule has 1 fully saturated rings. The van der Waals surface area contributed by atoms with E-state index in [1.807, 2.05) is 27.0 Å². The zero-order valence-electron chi connectivity index (χ0n) is 13.4. The highest BCUT2D eigenvalue weighted by atomic mass is 16.5. The summed E-state index contributed by atoms with van der Waals surface area (Å²) in [6.07, 6.45) is 1.86. The SMILES string of the molecule is CC(C)(C)OC=O.c1cc2cn[nH]c2cc1N1CCNCC1. The number of benzene rings is 1. The summed E-state index contributed by atoms with van der Waals surface area (Å²) in [7, 11) is 0. The Kier molecular flexibility index (Phi) is 5.38. The van der Waals surface area contributed by atoms with Crippen LogP contribution in [0.25, 0.3) is 10.9 Å². The summed E-state index contributed by atoms with van der Waals surface area (Å²) in [5.41, 5.74) is 2.08. The second-order valence-corrected chi connectivity index (χ2v) is 6.21. The van der Waals surface area contributed by atoms with E-state index in [1.54, 1.807) is 0 Å². The van der Waals surface area contributed by atoms with Gasteiger partial charge < -0.3 is 15.0 Å². The predicted octanol–water partition coefficient (Wildman–Crippen LogP) is 1.93. The number of nitrogens with zero attached hydrogens (tertiary/aromatic N) is 2. The van der Waals surface area contributed by atoms with Crippen LogP contribution in [0.1, 0.15) is 20.8 Å². The molecule has 120 valence electrons. The zero-order valence-corrected chi connectivity index (χ0v) is 13.4. The number of H-pyrrole nitrogens is 1. The topological polar surface area (TPSA) is 70.2 Å². The average molecular weight is 304 g/mol. The van der Waals surface area contributed by atoms with E-state index in [0.717, 1.165) is 31.7 Å². The third kappa shape index (κ3) is 4.73. The van der Waals surface area contributed by atoms with Crippen LogP contribution in [0.3, 0.4) is 0 Å². The number of carbonyl (C=O) groups excluding carboxylic acids is 1. The summed E-state index contributed by atoms with van der Waals surface area (Å²) in [5, 5.41) is 11.6. The van der Waals surface area contributed by atoms with Gasteiger partial charge >= 0.3 is 0 Å². The molecular weight excluding hydrogens is 280 g/mol. The zero-order chi connectivity index (χ0) is 16.0. The molecule has 0 amide bonds. The van der Waals surface area contributed by atoms with Gasteiger partial charge in [0, 0.05) is 37.3 Å². The van der Waals surface area contributed by atoms with Gasteiger partial charge in [-0.05, 0) is 39.0 Å². The van der Waals surface area contributed by atoms with Gasteiger partial charge in [-0.25, -0.2) is 0 Å². The van der Waals surface area contributed by atoms with Gasteiger partial charge in [0.2, 0.25) is 0 Å². The number of nitrogens with one attached hydrogen (secondary N) is 2. The van der Waals surface area contributed by atoms with Gasteiger partial charge in [0.15, 0.2) is 0 Å². The quantitative estimate of drug-likeness (QED) is 0.830. The van der Waals surface area contributed by atoms with Gasteiger partial charge in [-0.2, -0.15) is 5.10 Å². The van der Waals surface area contributed by atoms with Crippen LogP contribution in [0.2, 0.25) is 0 Å². The van der Waals surface area contributed by atoms with Gasteiger partial charge in [-0.1, -0.05) is 0 Å². The van der Waals surface area contributed by atoms with Crippen molar-refractivity contribution >= 4 is 23.1 Å². The number of aromatic nitrogens is 2. The van der Waals surface area contributed by atoms with Crippen LogP contribution < -0.4 is 10.2 Å². The summed E-state index contributed by atoms with van der Waals surface area (Å²) in [6, 6.07) is 6.47. The van der Waals surface area contributed by atoms with Crippen molar-refractivity contribution in [2.45, 2.75) is 26.4 Å². The van der Waals surface area contributed by atoms with Crippen LogP contribution in [0.15, 0.2) is 24.4 Å². The normalized spacial score (nSPS) is 15.1. The Bertz CT molecular complexity index is 597. The lowest BCUT2D eigenvalue weighted by molar-refractivity contribution is -0.138. The summed E-state index contributed by atoms with van der Waals surface area (Å²) < 4.78 is 4.55. The third-order valence-corrected chi connectivity index (χ3v) is 3.31. The molecule has 0 radical (unpaired) electrons. The lowest BCUT2D eigenvalue weighted by atomic mass is 10.2. The Morgan fingerprint density at radius 3 is 2.59 bits per heavy atom. The van der Waals surface area contributed by atoms with Crippen molar-refractivity contribution in [2.24, 2.45) is 0 Å². The van der Waals surface area contributed by atoms with Crippen molar-refractivity contribution in [3.8, 4) is 0 Å². The number of hydrogen-bond donors (Lipinski definition) is 2. The fourth-order valence-corrected chi connectivity index (χ4v) is 2.19. The molecule has 6 nitrogen and oxygen atoms in total. The third-order valence-electron chi connectivity index (χ3n) is 3.31. The fourth-order valence-electron chi connectivity index (χ4n) is 2.19. The van der Waals surface area contributed by atoms with Crippen molar-refractivity contribution in [1.82, 2.24) is 15.5 Å². The summed E-state index contributed by atoms with van der Waals surface area (Å²) in [4.78, 5) is 12.0. The van der Waals surface area contributed by atoms with E-state index >= 15 is 0 Å². The Balaban J connectivity index is 0.000000217. The van der Waals surface area contributed by atoms with Crippen LogP contribution in [0.4, 0.5) is 5.69 Å². The van der Waals surface area contributed by atoms with Crippen molar-refractivity contribution < 1.29 is 9.53 Å². The molecule has 2 heterocycles. The second-order valence-electron chi connectivity index (χ2n) is 6.21. The monoisotopic (exact) mass is 304 g/mol. The molecule has 0 spiro atoms. The number of ether oxygens (including phenoxy) is 1. The van der Waals surface area contributed by atoms with Gasteiger partial charge in [0.05, 0.1) is 11.7 Å². The first-order valence-electron chi connectivity index (χ1n) is 7.50. The van der Waals surface area contributed by atoms with Gasteiger partial charge in [0.25, 0.3) is 6.47 Å². The molecular formula is C16H24N4O2. The molecule has 0 aliphatic carbocycles. The molecule has 1 aromatic heterocycles. The smallest absolute Gasteiger partial charge is 0.293 e. The van der Waals surface area contributed by atoms with E-state index in [1.165, 1.54) is 11.1 Å². The largest absolute Gasteiger partial charge is 0.462 e. The molecule has 0 atom stereocenters. The van der Waals surface area contributed by atoms with E-state index in [0.29, 0.717) is 6.47 Å². The summed E-state index contributed by atoms with van der Waals surface area (Å²) in [6.45, 7) is 10.2. The first kappa shape index (κ1) is 16.3.